The standard InChI is InChI=1S/C25H26N4O3/c1-18(23(26)30)27-25(32)22(15-19-9-4-2-5-10-19)28-24(31)21-13-8-14-29(17-21)16-20-11-6-3-7-12-20/h2-14,17-18,22H,15-16H2,1H3,(H3-,26,27,28,30,31,32)/p+1/t18-,22+/m1/s1. The lowest BCUT2D eigenvalue weighted by Gasteiger charge is -2.20. The number of aromatic nitrogens is 1. The Hall–Kier alpha value is -4.00. The Labute approximate surface area is 187 Å². The van der Waals surface area contributed by atoms with Crippen LogP contribution in [0, 0.1) is 0 Å². The zero-order valence-corrected chi connectivity index (χ0v) is 17.9. The lowest BCUT2D eigenvalue weighted by molar-refractivity contribution is -0.688. The van der Waals surface area contributed by atoms with Crippen molar-refractivity contribution in [3.63, 3.8) is 0 Å². The lowest BCUT2D eigenvalue weighted by atomic mass is 10.0. The number of benzene rings is 2. The average molecular weight is 432 g/mol. The molecule has 0 spiro atoms. The molecular weight excluding hydrogens is 404 g/mol. The minimum Gasteiger partial charge on any atom is -0.368 e. The van der Waals surface area contributed by atoms with Gasteiger partial charge < -0.3 is 16.4 Å². The van der Waals surface area contributed by atoms with Crippen molar-refractivity contribution in [1.29, 1.82) is 0 Å². The quantitative estimate of drug-likeness (QED) is 0.446. The number of carbonyl (C=O) groups excluding carboxylic acids is 3. The Balaban J connectivity index is 1.75. The van der Waals surface area contributed by atoms with Crippen LogP contribution < -0.4 is 20.9 Å². The summed E-state index contributed by atoms with van der Waals surface area (Å²) in [7, 11) is 0. The first kappa shape index (κ1) is 22.7. The molecule has 3 rings (SSSR count). The molecule has 32 heavy (non-hydrogen) atoms. The third kappa shape index (κ3) is 6.50. The molecule has 2 aromatic carbocycles. The highest BCUT2D eigenvalue weighted by atomic mass is 16.2. The third-order valence-corrected chi connectivity index (χ3v) is 5.02. The van der Waals surface area contributed by atoms with Crippen molar-refractivity contribution in [2.75, 3.05) is 0 Å². The van der Waals surface area contributed by atoms with Crippen LogP contribution in [0.3, 0.4) is 0 Å². The maximum absolute atomic E-state index is 13.0. The molecule has 0 saturated heterocycles. The number of pyridine rings is 1. The zero-order valence-electron chi connectivity index (χ0n) is 17.9. The molecule has 0 unspecified atom stereocenters. The first-order valence-electron chi connectivity index (χ1n) is 10.4. The molecule has 1 heterocycles. The minimum atomic E-state index is -0.866. The second kappa shape index (κ2) is 10.9. The predicted molar refractivity (Wildman–Crippen MR) is 120 cm³/mol. The number of rotatable bonds is 9. The summed E-state index contributed by atoms with van der Waals surface area (Å²) < 4.78 is 1.91. The average Bonchev–Trinajstić information content (AvgIpc) is 2.80. The molecule has 0 aliphatic rings. The Morgan fingerprint density at radius 1 is 0.875 bits per heavy atom. The molecule has 7 nitrogen and oxygen atoms in total. The van der Waals surface area contributed by atoms with Crippen LogP contribution in [0.15, 0.2) is 85.2 Å². The van der Waals surface area contributed by atoms with E-state index in [4.69, 9.17) is 5.73 Å². The molecule has 164 valence electrons. The largest absolute Gasteiger partial charge is 0.368 e. The van der Waals surface area contributed by atoms with Gasteiger partial charge in [-0.2, -0.15) is 4.57 Å². The highest BCUT2D eigenvalue weighted by molar-refractivity contribution is 5.98. The fourth-order valence-electron chi connectivity index (χ4n) is 3.23. The van der Waals surface area contributed by atoms with Crippen molar-refractivity contribution >= 4 is 17.7 Å². The molecule has 2 atom stereocenters. The summed E-state index contributed by atoms with van der Waals surface area (Å²) in [6.45, 7) is 2.12. The molecule has 0 bridgehead atoms. The van der Waals surface area contributed by atoms with Gasteiger partial charge in [-0.25, -0.2) is 0 Å². The Morgan fingerprint density at radius 3 is 2.12 bits per heavy atom. The van der Waals surface area contributed by atoms with Crippen LogP contribution in [-0.2, 0) is 22.6 Å². The van der Waals surface area contributed by atoms with Crippen molar-refractivity contribution in [3.8, 4) is 0 Å². The fraction of sp³-hybridized carbons (Fsp3) is 0.200. The number of hydrogen-bond donors (Lipinski definition) is 3. The summed E-state index contributed by atoms with van der Waals surface area (Å²) in [5.74, 6) is -1.50. The van der Waals surface area contributed by atoms with Gasteiger partial charge in [-0.15, -0.1) is 0 Å². The van der Waals surface area contributed by atoms with Crippen molar-refractivity contribution < 1.29 is 19.0 Å². The lowest BCUT2D eigenvalue weighted by Crippen LogP contribution is -2.53. The van der Waals surface area contributed by atoms with E-state index in [1.807, 2.05) is 71.4 Å². The molecule has 7 heteroatoms. The van der Waals surface area contributed by atoms with Gasteiger partial charge in [0, 0.05) is 18.1 Å². The minimum absolute atomic E-state index is 0.279. The van der Waals surface area contributed by atoms with Gasteiger partial charge in [-0.05, 0) is 18.6 Å². The topological polar surface area (TPSA) is 105 Å². The van der Waals surface area contributed by atoms with Gasteiger partial charge in [0.05, 0.1) is 0 Å². The van der Waals surface area contributed by atoms with Gasteiger partial charge >= 0.3 is 0 Å². The molecular formula is C25H27N4O3+. The number of amides is 3. The van der Waals surface area contributed by atoms with E-state index in [2.05, 4.69) is 10.6 Å². The summed E-state index contributed by atoms with van der Waals surface area (Å²) in [6.07, 6.45) is 3.90. The molecule has 0 saturated carbocycles. The smallest absolute Gasteiger partial charge is 0.258 e. The van der Waals surface area contributed by atoms with Gasteiger partial charge in [0.1, 0.15) is 17.6 Å². The van der Waals surface area contributed by atoms with Crippen LogP contribution in [0.5, 0.6) is 0 Å². The van der Waals surface area contributed by atoms with Crippen LogP contribution >= 0.6 is 0 Å². The number of nitrogens with two attached hydrogens (primary N) is 1. The van der Waals surface area contributed by atoms with Crippen LogP contribution in [0.2, 0.25) is 0 Å². The predicted octanol–water partition coefficient (Wildman–Crippen LogP) is 1.35. The summed E-state index contributed by atoms with van der Waals surface area (Å²) in [5.41, 5.74) is 7.68. The summed E-state index contributed by atoms with van der Waals surface area (Å²) in [5, 5.41) is 5.37. The van der Waals surface area contributed by atoms with Crippen molar-refractivity contribution in [2.45, 2.75) is 32.0 Å². The second-order valence-electron chi connectivity index (χ2n) is 7.60. The molecule has 1 aromatic heterocycles. The number of primary amides is 1. The van der Waals surface area contributed by atoms with Gasteiger partial charge in [-0.1, -0.05) is 60.7 Å². The monoisotopic (exact) mass is 431 g/mol. The van der Waals surface area contributed by atoms with E-state index in [9.17, 15) is 14.4 Å². The second-order valence-corrected chi connectivity index (χ2v) is 7.60. The van der Waals surface area contributed by atoms with Crippen molar-refractivity contribution in [2.24, 2.45) is 5.73 Å². The van der Waals surface area contributed by atoms with E-state index in [0.717, 1.165) is 11.1 Å². The number of nitrogens with one attached hydrogen (secondary N) is 2. The van der Waals surface area contributed by atoms with Crippen molar-refractivity contribution in [3.05, 3.63) is 102 Å². The van der Waals surface area contributed by atoms with E-state index in [-0.39, 0.29) is 12.3 Å². The maximum Gasteiger partial charge on any atom is 0.258 e. The van der Waals surface area contributed by atoms with Crippen molar-refractivity contribution in [1.82, 2.24) is 10.6 Å². The summed E-state index contributed by atoms with van der Waals surface area (Å²) >= 11 is 0. The summed E-state index contributed by atoms with van der Waals surface area (Å²) in [4.78, 5) is 37.1. The SMILES string of the molecule is C[C@@H](NC(=O)[C@H](Cc1ccccc1)NC(=O)c1ccc[n+](Cc2ccccc2)c1)C(N)=O. The van der Waals surface area contributed by atoms with Gasteiger partial charge in [0.15, 0.2) is 18.9 Å². The molecule has 0 aliphatic carbocycles. The molecule has 0 fully saturated rings. The van der Waals surface area contributed by atoms with Crippen LogP contribution in [0.25, 0.3) is 0 Å². The Morgan fingerprint density at radius 2 is 1.50 bits per heavy atom. The Bertz CT molecular complexity index is 1070. The van der Waals surface area contributed by atoms with Gasteiger partial charge in [0.25, 0.3) is 5.91 Å². The van der Waals surface area contributed by atoms with Crippen LogP contribution in [-0.4, -0.2) is 29.8 Å². The normalized spacial score (nSPS) is 12.4. The third-order valence-electron chi connectivity index (χ3n) is 5.02. The van der Waals surface area contributed by atoms with E-state index in [1.54, 1.807) is 18.3 Å². The van der Waals surface area contributed by atoms with E-state index >= 15 is 0 Å². The molecule has 3 amide bonds. The first-order valence-corrected chi connectivity index (χ1v) is 10.4. The van der Waals surface area contributed by atoms with E-state index in [0.29, 0.717) is 12.1 Å². The highest BCUT2D eigenvalue weighted by Crippen LogP contribution is 2.06. The van der Waals surface area contributed by atoms with E-state index < -0.39 is 23.9 Å². The zero-order chi connectivity index (χ0) is 22.9. The number of carbonyl (C=O) groups is 3. The summed E-state index contributed by atoms with van der Waals surface area (Å²) in [6, 6.07) is 21.0. The Kier molecular flexibility index (Phi) is 7.70. The molecule has 4 N–H and O–H groups in total. The van der Waals surface area contributed by atoms with Gasteiger partial charge in [0.2, 0.25) is 11.8 Å². The highest BCUT2D eigenvalue weighted by Gasteiger charge is 2.25. The molecule has 3 aromatic rings. The van der Waals surface area contributed by atoms with Crippen LogP contribution in [0.1, 0.15) is 28.4 Å². The first-order chi connectivity index (χ1) is 15.4. The fourth-order valence-corrected chi connectivity index (χ4v) is 3.23. The molecule has 0 radical (unpaired) electrons. The maximum atomic E-state index is 13.0. The number of nitrogens with zero attached hydrogens (tertiary/aromatic N) is 1. The van der Waals surface area contributed by atoms with E-state index in [1.165, 1.54) is 6.92 Å². The van der Waals surface area contributed by atoms with Crippen LogP contribution in [0.4, 0.5) is 0 Å². The number of hydrogen-bond acceptors (Lipinski definition) is 3. The molecule has 0 aliphatic heterocycles. The van der Waals surface area contributed by atoms with Gasteiger partial charge in [-0.3, -0.25) is 14.4 Å².